The minimum Gasteiger partial charge on any atom is -0.375 e. The summed E-state index contributed by atoms with van der Waals surface area (Å²) in [5.41, 5.74) is -0.604. The summed E-state index contributed by atoms with van der Waals surface area (Å²) in [6, 6.07) is 4.15. The average molecular weight is 442 g/mol. The van der Waals surface area contributed by atoms with Crippen molar-refractivity contribution in [2.45, 2.75) is 38.1 Å². The van der Waals surface area contributed by atoms with Crippen molar-refractivity contribution in [1.82, 2.24) is 15.5 Å². The molecule has 0 aliphatic carbocycles. The van der Waals surface area contributed by atoms with E-state index in [2.05, 4.69) is 20.5 Å². The molecular formula is C21H29F3N4O3. The molecule has 2 fully saturated rings. The highest BCUT2D eigenvalue weighted by molar-refractivity contribution is 5.94. The molecule has 0 aromatic heterocycles. The van der Waals surface area contributed by atoms with Crippen molar-refractivity contribution >= 4 is 11.9 Å². The van der Waals surface area contributed by atoms with Crippen molar-refractivity contribution < 1.29 is 27.4 Å². The molecule has 1 aromatic rings. The second-order valence-electron chi connectivity index (χ2n) is 7.47. The molecule has 2 N–H and O–H groups in total. The highest BCUT2D eigenvalue weighted by Crippen LogP contribution is 2.29. The average Bonchev–Trinajstić information content (AvgIpc) is 3.30. The van der Waals surface area contributed by atoms with E-state index in [0.29, 0.717) is 32.8 Å². The van der Waals surface area contributed by atoms with E-state index in [0.717, 1.165) is 37.5 Å². The summed E-state index contributed by atoms with van der Waals surface area (Å²) in [4.78, 5) is 18.9. The largest absolute Gasteiger partial charge is 0.416 e. The van der Waals surface area contributed by atoms with E-state index < -0.39 is 17.6 Å². The van der Waals surface area contributed by atoms with Gasteiger partial charge in [0.15, 0.2) is 5.96 Å². The molecule has 1 amide bonds. The van der Waals surface area contributed by atoms with Crippen LogP contribution in [0.15, 0.2) is 29.3 Å². The Balaban J connectivity index is 1.50. The maximum Gasteiger partial charge on any atom is 0.416 e. The summed E-state index contributed by atoms with van der Waals surface area (Å²) in [5, 5.41) is 5.96. The molecule has 0 spiro atoms. The lowest BCUT2D eigenvalue weighted by atomic mass is 10.1. The number of nitrogens with one attached hydrogen (secondary N) is 2. The molecule has 172 valence electrons. The molecule has 2 aliphatic rings. The van der Waals surface area contributed by atoms with Crippen molar-refractivity contribution in [3.05, 3.63) is 35.4 Å². The van der Waals surface area contributed by atoms with Crippen molar-refractivity contribution in [3.8, 4) is 0 Å². The molecule has 0 radical (unpaired) electrons. The molecule has 2 saturated heterocycles. The number of morpholine rings is 1. The van der Waals surface area contributed by atoms with Crippen LogP contribution in [0.2, 0.25) is 0 Å². The maximum atomic E-state index is 12.6. The summed E-state index contributed by atoms with van der Waals surface area (Å²) >= 11 is 0. The highest BCUT2D eigenvalue weighted by Gasteiger charge is 2.32. The standard InChI is InChI=1S/C21H29F3N4O3/c1-2-25-20(28-11-13-31-18(14-28)17-4-3-12-30-17)27-10-9-26-19(29)15-5-7-16(8-6-15)21(22,23)24/h5-8,17-18H,2-4,9-14H2,1H3,(H,25,27)(H,26,29). The van der Waals surface area contributed by atoms with Crippen LogP contribution < -0.4 is 10.6 Å². The first-order chi connectivity index (χ1) is 14.9. The van der Waals surface area contributed by atoms with E-state index in [1.807, 2.05) is 6.92 Å². The Morgan fingerprint density at radius 2 is 1.90 bits per heavy atom. The fourth-order valence-corrected chi connectivity index (χ4v) is 3.66. The molecule has 2 heterocycles. The van der Waals surface area contributed by atoms with Gasteiger partial charge in [-0.3, -0.25) is 9.79 Å². The topological polar surface area (TPSA) is 75.2 Å². The van der Waals surface area contributed by atoms with Crippen LogP contribution in [0.3, 0.4) is 0 Å². The number of benzene rings is 1. The number of ether oxygens (including phenoxy) is 2. The van der Waals surface area contributed by atoms with E-state index >= 15 is 0 Å². The highest BCUT2D eigenvalue weighted by atomic mass is 19.4. The zero-order valence-corrected chi connectivity index (χ0v) is 17.6. The molecule has 7 nitrogen and oxygen atoms in total. The van der Waals surface area contributed by atoms with Gasteiger partial charge in [-0.2, -0.15) is 13.2 Å². The summed E-state index contributed by atoms with van der Waals surface area (Å²) in [6.07, 6.45) is -2.23. The van der Waals surface area contributed by atoms with E-state index in [1.165, 1.54) is 12.1 Å². The predicted octanol–water partition coefficient (Wildman–Crippen LogP) is 2.28. The van der Waals surface area contributed by atoms with Gasteiger partial charge in [-0.05, 0) is 44.0 Å². The number of nitrogens with zero attached hydrogens (tertiary/aromatic N) is 2. The number of alkyl halides is 3. The quantitative estimate of drug-likeness (QED) is 0.402. The van der Waals surface area contributed by atoms with Gasteiger partial charge in [0.1, 0.15) is 6.10 Å². The van der Waals surface area contributed by atoms with Gasteiger partial charge in [-0.25, -0.2) is 0 Å². The molecule has 1 aromatic carbocycles. The van der Waals surface area contributed by atoms with Crippen LogP contribution in [-0.4, -0.2) is 74.9 Å². The van der Waals surface area contributed by atoms with Crippen molar-refractivity contribution in [2.75, 3.05) is 45.9 Å². The van der Waals surface area contributed by atoms with Gasteiger partial charge >= 0.3 is 6.18 Å². The van der Waals surface area contributed by atoms with Crippen LogP contribution >= 0.6 is 0 Å². The van der Waals surface area contributed by atoms with Crippen molar-refractivity contribution in [3.63, 3.8) is 0 Å². The third-order valence-corrected chi connectivity index (χ3v) is 5.24. The number of amides is 1. The van der Waals surface area contributed by atoms with Crippen molar-refractivity contribution in [2.24, 2.45) is 4.99 Å². The molecule has 3 rings (SSSR count). The first-order valence-electron chi connectivity index (χ1n) is 10.6. The molecule has 2 unspecified atom stereocenters. The van der Waals surface area contributed by atoms with Gasteiger partial charge in [0.25, 0.3) is 5.91 Å². The summed E-state index contributed by atoms with van der Waals surface area (Å²) in [6.45, 7) is 6.09. The summed E-state index contributed by atoms with van der Waals surface area (Å²) in [5.74, 6) is 0.316. The normalized spacial score (nSPS) is 22.5. The van der Waals surface area contributed by atoms with Crippen LogP contribution in [0.25, 0.3) is 0 Å². The van der Waals surface area contributed by atoms with E-state index in [1.54, 1.807) is 0 Å². The smallest absolute Gasteiger partial charge is 0.375 e. The van der Waals surface area contributed by atoms with Gasteiger partial charge in [-0.1, -0.05) is 0 Å². The molecule has 31 heavy (non-hydrogen) atoms. The Labute approximate surface area is 180 Å². The third-order valence-electron chi connectivity index (χ3n) is 5.24. The number of aliphatic imine (C=N–C) groups is 1. The van der Waals surface area contributed by atoms with Crippen LogP contribution in [0.1, 0.15) is 35.7 Å². The zero-order valence-electron chi connectivity index (χ0n) is 17.6. The third kappa shape index (κ3) is 6.57. The number of carbonyl (C=O) groups is 1. The van der Waals surface area contributed by atoms with Gasteiger partial charge < -0.3 is 25.0 Å². The minimum absolute atomic E-state index is 0.0134. The second kappa shape index (κ2) is 10.8. The molecule has 10 heteroatoms. The lowest BCUT2D eigenvalue weighted by Gasteiger charge is -2.37. The van der Waals surface area contributed by atoms with Crippen molar-refractivity contribution in [1.29, 1.82) is 0 Å². The maximum absolute atomic E-state index is 12.6. The predicted molar refractivity (Wildman–Crippen MR) is 110 cm³/mol. The monoisotopic (exact) mass is 442 g/mol. The Kier molecular flexibility index (Phi) is 8.14. The van der Waals surface area contributed by atoms with Crippen LogP contribution in [-0.2, 0) is 15.7 Å². The van der Waals surface area contributed by atoms with E-state index in [4.69, 9.17) is 9.47 Å². The van der Waals surface area contributed by atoms with Gasteiger partial charge in [0, 0.05) is 38.3 Å². The number of hydrogen-bond donors (Lipinski definition) is 2. The lowest BCUT2D eigenvalue weighted by molar-refractivity contribution is -0.137. The molecule has 2 atom stereocenters. The number of rotatable bonds is 6. The second-order valence-corrected chi connectivity index (χ2v) is 7.47. The first-order valence-corrected chi connectivity index (χ1v) is 10.6. The Hall–Kier alpha value is -2.33. The Morgan fingerprint density at radius 3 is 2.55 bits per heavy atom. The number of carbonyl (C=O) groups excluding carboxylic acids is 1. The molecular weight excluding hydrogens is 413 g/mol. The Bertz CT molecular complexity index is 749. The SMILES string of the molecule is CCNC(=NCCNC(=O)c1ccc(C(F)(F)F)cc1)N1CCOC(C2CCCO2)C1. The number of guanidine groups is 1. The van der Waals surface area contributed by atoms with Crippen LogP contribution in [0.4, 0.5) is 13.2 Å². The molecule has 0 saturated carbocycles. The number of hydrogen-bond acceptors (Lipinski definition) is 4. The van der Waals surface area contributed by atoms with Crippen LogP contribution in [0, 0.1) is 0 Å². The summed E-state index contributed by atoms with van der Waals surface area (Å²) in [7, 11) is 0. The molecule has 0 bridgehead atoms. The number of halogens is 3. The van der Waals surface area contributed by atoms with Gasteiger partial charge in [0.05, 0.1) is 24.8 Å². The van der Waals surface area contributed by atoms with E-state index in [9.17, 15) is 18.0 Å². The van der Waals surface area contributed by atoms with Crippen LogP contribution in [0.5, 0.6) is 0 Å². The zero-order chi connectivity index (χ0) is 22.3. The Morgan fingerprint density at radius 1 is 1.16 bits per heavy atom. The lowest BCUT2D eigenvalue weighted by Crippen LogP contribution is -2.53. The first kappa shape index (κ1) is 23.3. The van der Waals surface area contributed by atoms with Gasteiger partial charge in [-0.15, -0.1) is 0 Å². The fourth-order valence-electron chi connectivity index (χ4n) is 3.66. The summed E-state index contributed by atoms with van der Waals surface area (Å²) < 4.78 is 49.5. The van der Waals surface area contributed by atoms with E-state index in [-0.39, 0.29) is 24.3 Å². The fraction of sp³-hybridized carbons (Fsp3) is 0.619. The minimum atomic E-state index is -4.42. The molecule has 2 aliphatic heterocycles. The van der Waals surface area contributed by atoms with Gasteiger partial charge in [0.2, 0.25) is 0 Å².